The molecule has 0 aliphatic heterocycles. The summed E-state index contributed by atoms with van der Waals surface area (Å²) in [5, 5.41) is 23.0. The van der Waals surface area contributed by atoms with Crippen molar-refractivity contribution >= 4 is 17.7 Å². The minimum atomic E-state index is -1.10. The quantitative estimate of drug-likeness (QED) is 0.493. The van der Waals surface area contributed by atoms with Crippen molar-refractivity contribution in [1.29, 1.82) is 0 Å². The smallest absolute Gasteiger partial charge is 0.492 e. The number of carboxylic acids is 1. The van der Waals surface area contributed by atoms with Gasteiger partial charge < -0.3 is 15.1 Å². The molecule has 90 valence electrons. The summed E-state index contributed by atoms with van der Waals surface area (Å²) in [6, 6.07) is 4.98. The van der Waals surface area contributed by atoms with Gasteiger partial charge in [-0.1, -0.05) is 0 Å². The lowest BCUT2D eigenvalue weighted by atomic mass is 10.2. The maximum atomic E-state index is 11.3. The molecule has 0 unspecified atom stereocenters. The highest BCUT2D eigenvalue weighted by atomic mass is 16.6. The number of carboxylic acid groups (broad SMARTS) is 1. The van der Waals surface area contributed by atoms with Gasteiger partial charge in [0.15, 0.2) is 0 Å². The Morgan fingerprint density at radius 1 is 1.41 bits per heavy atom. The summed E-state index contributed by atoms with van der Waals surface area (Å²) in [5.74, 6) is -1.10. The molecule has 0 saturated carbocycles. The van der Waals surface area contributed by atoms with Crippen LogP contribution in [0.1, 0.15) is 17.3 Å². The van der Waals surface area contributed by atoms with Crippen LogP contribution < -0.4 is 0 Å². The number of rotatable bonds is 3. The highest BCUT2D eigenvalue weighted by Crippen LogP contribution is 2.13. The van der Waals surface area contributed by atoms with E-state index in [0.717, 1.165) is 0 Å². The summed E-state index contributed by atoms with van der Waals surface area (Å²) in [4.78, 5) is 21.5. The van der Waals surface area contributed by atoms with Gasteiger partial charge in [0.2, 0.25) is 5.69 Å². The van der Waals surface area contributed by atoms with Gasteiger partial charge in [0, 0.05) is 12.1 Å². The van der Waals surface area contributed by atoms with Gasteiger partial charge in [-0.2, -0.15) is 0 Å². The zero-order valence-electron chi connectivity index (χ0n) is 8.99. The largest absolute Gasteiger partial charge is 0.594 e. The Morgan fingerprint density at radius 2 is 2.00 bits per heavy atom. The summed E-state index contributed by atoms with van der Waals surface area (Å²) >= 11 is 0. The lowest BCUT2D eigenvalue weighted by molar-refractivity contribution is -0.436. The van der Waals surface area contributed by atoms with E-state index in [4.69, 9.17) is 5.11 Å². The molecule has 7 nitrogen and oxygen atoms in total. The van der Waals surface area contributed by atoms with Gasteiger partial charge in [0.1, 0.15) is 0 Å². The van der Waals surface area contributed by atoms with Crippen LogP contribution in [0.25, 0.3) is 0 Å². The molecule has 1 amide bonds. The summed E-state index contributed by atoms with van der Waals surface area (Å²) in [7, 11) is 0. The van der Waals surface area contributed by atoms with Crippen LogP contribution in [0.15, 0.2) is 29.4 Å². The zero-order chi connectivity index (χ0) is 12.8. The van der Waals surface area contributed by atoms with E-state index in [1.54, 1.807) is 6.92 Å². The van der Waals surface area contributed by atoms with Crippen LogP contribution in [0.5, 0.6) is 0 Å². The maximum absolute atomic E-state index is 11.3. The Morgan fingerprint density at radius 3 is 2.47 bits per heavy atom. The van der Waals surface area contributed by atoms with Gasteiger partial charge in [-0.05, 0) is 23.9 Å². The number of hydrogen-bond acceptors (Lipinski definition) is 4. The number of nitrogens with zero attached hydrogens (tertiary/aromatic N) is 2. The fourth-order valence-electron chi connectivity index (χ4n) is 1.02. The zero-order valence-corrected chi connectivity index (χ0v) is 8.99. The van der Waals surface area contributed by atoms with Crippen molar-refractivity contribution in [2.24, 2.45) is 5.11 Å². The first-order chi connectivity index (χ1) is 8.04. The molecular weight excluding hydrogens is 228 g/mol. The number of benzene rings is 1. The number of carbonyl (C=O) groups is 2. The molecule has 7 heteroatoms. The van der Waals surface area contributed by atoms with Gasteiger partial charge in [-0.15, -0.1) is 0 Å². The molecule has 1 aromatic rings. The fourth-order valence-corrected chi connectivity index (χ4v) is 1.02. The van der Waals surface area contributed by atoms with Crippen LogP contribution in [-0.4, -0.2) is 28.6 Å². The van der Waals surface area contributed by atoms with Crippen LogP contribution in [0.4, 0.5) is 10.5 Å². The molecule has 0 aliphatic carbocycles. The lowest BCUT2D eigenvalue weighted by Gasteiger charge is -1.99. The van der Waals surface area contributed by atoms with E-state index in [1.165, 1.54) is 24.3 Å². The third-order valence-electron chi connectivity index (χ3n) is 1.78. The van der Waals surface area contributed by atoms with E-state index in [1.807, 2.05) is 0 Å². The topological polar surface area (TPSA) is 102 Å². The second-order valence-corrected chi connectivity index (χ2v) is 2.92. The number of azo groups is 1. The highest BCUT2D eigenvalue weighted by molar-refractivity contribution is 5.87. The molecule has 0 heterocycles. The first-order valence-corrected chi connectivity index (χ1v) is 4.73. The van der Waals surface area contributed by atoms with Crippen LogP contribution in [0, 0.1) is 5.21 Å². The van der Waals surface area contributed by atoms with Gasteiger partial charge in [0.05, 0.1) is 17.3 Å². The molecule has 17 heavy (non-hydrogen) atoms. The van der Waals surface area contributed by atoms with Gasteiger partial charge in [-0.25, -0.2) is 9.59 Å². The van der Waals surface area contributed by atoms with E-state index >= 15 is 0 Å². The normalized spacial score (nSPS) is 11.0. The highest BCUT2D eigenvalue weighted by Gasteiger charge is 2.10. The second kappa shape index (κ2) is 5.59. The molecule has 1 aromatic carbocycles. The second-order valence-electron chi connectivity index (χ2n) is 2.92. The first kappa shape index (κ1) is 12.6. The first-order valence-electron chi connectivity index (χ1n) is 4.73. The summed E-state index contributed by atoms with van der Waals surface area (Å²) in [5.41, 5.74) is 0.0846. The Labute approximate surface area is 96.5 Å². The minimum absolute atomic E-state index is 0.0401. The average Bonchev–Trinajstić information content (AvgIpc) is 2.29. The van der Waals surface area contributed by atoms with Crippen molar-refractivity contribution < 1.29 is 24.3 Å². The number of hydrogen-bond donors (Lipinski definition) is 1. The van der Waals surface area contributed by atoms with Crippen molar-refractivity contribution in [3.8, 4) is 0 Å². The Bertz CT molecular complexity index is 452. The molecule has 0 atom stereocenters. The summed E-state index contributed by atoms with van der Waals surface area (Å²) in [6.07, 6.45) is -0.996. The number of carbonyl (C=O) groups excluding carboxylic acids is 1. The number of amides is 1. The van der Waals surface area contributed by atoms with Crippen molar-refractivity contribution in [2.75, 3.05) is 6.61 Å². The van der Waals surface area contributed by atoms with E-state index in [0.29, 0.717) is 0 Å². The van der Waals surface area contributed by atoms with E-state index in [2.05, 4.69) is 9.85 Å². The molecule has 0 saturated heterocycles. The third kappa shape index (κ3) is 3.56. The number of aromatic carboxylic acids is 1. The van der Waals surface area contributed by atoms with Crippen LogP contribution in [-0.2, 0) is 4.74 Å². The fraction of sp³-hybridized carbons (Fsp3) is 0.200. The lowest BCUT2D eigenvalue weighted by Crippen LogP contribution is -2.03. The average molecular weight is 238 g/mol. The monoisotopic (exact) mass is 238 g/mol. The van der Waals surface area contributed by atoms with Crippen LogP contribution in [0.3, 0.4) is 0 Å². The standard InChI is InChI=1S/C10H10N2O5/c1-2-17-10(15)11-12(16)8-5-3-7(4-6-8)9(13)14/h3-6H,2H2,1H3,(H,13,14). The minimum Gasteiger partial charge on any atom is -0.594 e. The van der Waals surface area contributed by atoms with Gasteiger partial charge >= 0.3 is 12.1 Å². The van der Waals surface area contributed by atoms with E-state index in [9.17, 15) is 14.8 Å². The van der Waals surface area contributed by atoms with Crippen molar-refractivity contribution in [2.45, 2.75) is 6.92 Å². The molecular formula is C10H10N2O5. The van der Waals surface area contributed by atoms with E-state index in [-0.39, 0.29) is 22.7 Å². The van der Waals surface area contributed by atoms with E-state index < -0.39 is 12.1 Å². The SMILES string of the molecule is CCOC(=O)N=[N+]([O-])c1ccc(C(=O)O)cc1. The molecule has 0 aliphatic rings. The van der Waals surface area contributed by atoms with Crippen molar-refractivity contribution in [3.63, 3.8) is 0 Å². The maximum Gasteiger partial charge on any atom is 0.492 e. The van der Waals surface area contributed by atoms with Gasteiger partial charge in [-0.3, -0.25) is 0 Å². The predicted octanol–water partition coefficient (Wildman–Crippen LogP) is 2.14. The Kier molecular flexibility index (Phi) is 4.15. The molecule has 1 N–H and O–H groups in total. The van der Waals surface area contributed by atoms with Crippen molar-refractivity contribution in [1.82, 2.24) is 0 Å². The summed E-state index contributed by atoms with van der Waals surface area (Å²) < 4.78 is 4.45. The molecule has 0 radical (unpaired) electrons. The molecule has 0 fully saturated rings. The predicted molar refractivity (Wildman–Crippen MR) is 56.1 cm³/mol. The molecule has 0 bridgehead atoms. The summed E-state index contributed by atoms with van der Waals surface area (Å²) in [6.45, 7) is 1.71. The number of ether oxygens (including phenoxy) is 1. The Hall–Kier alpha value is -2.44. The Balaban J connectivity index is 2.86. The molecule has 1 rings (SSSR count). The third-order valence-corrected chi connectivity index (χ3v) is 1.78. The van der Waals surface area contributed by atoms with Gasteiger partial charge in [0.25, 0.3) is 0 Å². The van der Waals surface area contributed by atoms with Crippen LogP contribution >= 0.6 is 0 Å². The molecule has 0 spiro atoms. The van der Waals surface area contributed by atoms with Crippen LogP contribution in [0.2, 0.25) is 0 Å². The molecule has 0 aromatic heterocycles. The van der Waals surface area contributed by atoms with Crippen molar-refractivity contribution in [3.05, 3.63) is 35.0 Å².